The molecule has 0 aromatic rings. The predicted molar refractivity (Wildman–Crippen MR) is 93.9 cm³/mol. The van der Waals surface area contributed by atoms with Gasteiger partial charge in [-0.1, -0.05) is 0 Å². The van der Waals surface area contributed by atoms with Crippen LogP contribution in [0, 0.1) is 0 Å². The summed E-state index contributed by atoms with van der Waals surface area (Å²) >= 11 is 0. The van der Waals surface area contributed by atoms with E-state index < -0.39 is 56.8 Å². The Balaban J connectivity index is 3.66. The summed E-state index contributed by atoms with van der Waals surface area (Å²) in [7, 11) is 2.27. The van der Waals surface area contributed by atoms with Crippen molar-refractivity contribution >= 4 is 36.6 Å². The van der Waals surface area contributed by atoms with Crippen molar-refractivity contribution in [2.75, 3.05) is 47.8 Å². The van der Waals surface area contributed by atoms with Gasteiger partial charge in [0.2, 0.25) is 13.6 Å². The van der Waals surface area contributed by atoms with E-state index in [0.717, 1.165) is 14.2 Å². The number of rotatable bonds is 10. The second kappa shape index (κ2) is 16.6. The van der Waals surface area contributed by atoms with Crippen molar-refractivity contribution in [3.63, 3.8) is 0 Å². The van der Waals surface area contributed by atoms with E-state index in [-0.39, 0.29) is 13.3 Å². The van der Waals surface area contributed by atoms with Gasteiger partial charge in [-0.15, -0.1) is 0 Å². The number of carbonyl (C=O) groups is 6. The molecule has 0 aromatic carbocycles. The molecule has 0 fully saturated rings. The maximum atomic E-state index is 11.3. The van der Waals surface area contributed by atoms with Crippen LogP contribution in [0.1, 0.15) is 0 Å². The molecule has 0 aliphatic heterocycles. The Kier molecular flexibility index (Phi) is 14.2. The molecule has 0 saturated heterocycles. The van der Waals surface area contributed by atoms with Crippen molar-refractivity contribution in [2.45, 2.75) is 0 Å². The SMILES string of the molecule is COC(=O)NCNC(=O)OCOC(=O)NCNC(=O)OCOC(=O)NCNC(=O)OC. The van der Waals surface area contributed by atoms with E-state index in [4.69, 9.17) is 0 Å². The van der Waals surface area contributed by atoms with E-state index in [1.54, 1.807) is 0 Å². The van der Waals surface area contributed by atoms with Gasteiger partial charge in [0.15, 0.2) is 0 Å². The fourth-order valence-electron chi connectivity index (χ4n) is 1.19. The largest absolute Gasteiger partial charge is 0.453 e. The summed E-state index contributed by atoms with van der Waals surface area (Å²) in [5, 5.41) is 12.6. The third kappa shape index (κ3) is 16.3. The molecule has 0 spiro atoms. The Morgan fingerprint density at radius 2 is 0.677 bits per heavy atom. The lowest BCUT2D eigenvalue weighted by molar-refractivity contribution is 0.0220. The maximum Gasteiger partial charge on any atom is 0.411 e. The summed E-state index contributed by atoms with van der Waals surface area (Å²) in [4.78, 5) is 66.4. The van der Waals surface area contributed by atoms with Gasteiger partial charge in [-0.2, -0.15) is 0 Å². The Bertz CT molecular complexity index is 578. The van der Waals surface area contributed by atoms with E-state index >= 15 is 0 Å². The van der Waals surface area contributed by atoms with Crippen molar-refractivity contribution in [2.24, 2.45) is 0 Å². The highest BCUT2D eigenvalue weighted by Gasteiger charge is 2.08. The molecule has 6 N–H and O–H groups in total. The molecule has 0 aliphatic carbocycles. The van der Waals surface area contributed by atoms with Gasteiger partial charge in [0.05, 0.1) is 34.2 Å². The molecule has 31 heavy (non-hydrogen) atoms. The number of hydrogen-bond acceptors (Lipinski definition) is 12. The number of hydrogen-bond donors (Lipinski definition) is 6. The van der Waals surface area contributed by atoms with Crippen LogP contribution in [-0.2, 0) is 28.4 Å². The van der Waals surface area contributed by atoms with Gasteiger partial charge < -0.3 is 60.3 Å². The first-order chi connectivity index (χ1) is 14.8. The zero-order valence-electron chi connectivity index (χ0n) is 16.4. The monoisotopic (exact) mass is 454 g/mol. The van der Waals surface area contributed by atoms with Crippen molar-refractivity contribution < 1.29 is 57.2 Å². The Morgan fingerprint density at radius 1 is 0.452 bits per heavy atom. The van der Waals surface area contributed by atoms with Gasteiger partial charge in [0.1, 0.15) is 0 Å². The highest BCUT2D eigenvalue weighted by molar-refractivity contribution is 5.72. The molecular formula is C13H22N6O12. The molecule has 0 saturated carbocycles. The molecule has 0 radical (unpaired) electrons. The zero-order valence-corrected chi connectivity index (χ0v) is 16.4. The second-order valence-electron chi connectivity index (χ2n) is 4.54. The van der Waals surface area contributed by atoms with Crippen LogP contribution in [0.4, 0.5) is 28.8 Å². The Labute approximate surface area is 174 Å². The normalized spacial score (nSPS) is 9.10. The van der Waals surface area contributed by atoms with Crippen LogP contribution >= 0.6 is 0 Å². The molecule has 0 aromatic heterocycles. The fraction of sp³-hybridized carbons (Fsp3) is 0.538. The lowest BCUT2D eigenvalue weighted by Crippen LogP contribution is -2.40. The first-order valence-corrected chi connectivity index (χ1v) is 8.04. The molecule has 0 atom stereocenters. The van der Waals surface area contributed by atoms with Crippen molar-refractivity contribution in [3.05, 3.63) is 0 Å². The van der Waals surface area contributed by atoms with Crippen LogP contribution in [-0.4, -0.2) is 84.4 Å². The summed E-state index contributed by atoms with van der Waals surface area (Å²) in [5.74, 6) is 0. The van der Waals surface area contributed by atoms with Crippen molar-refractivity contribution in [1.82, 2.24) is 31.9 Å². The number of methoxy groups -OCH3 is 2. The van der Waals surface area contributed by atoms with Crippen LogP contribution in [0.25, 0.3) is 0 Å². The quantitative estimate of drug-likeness (QED) is 0.162. The van der Waals surface area contributed by atoms with Gasteiger partial charge in [0.25, 0.3) is 0 Å². The molecule has 0 rings (SSSR count). The second-order valence-corrected chi connectivity index (χ2v) is 4.54. The summed E-state index contributed by atoms with van der Waals surface area (Å²) < 4.78 is 26.4. The number of carbonyl (C=O) groups excluding carboxylic acids is 6. The smallest absolute Gasteiger partial charge is 0.411 e. The standard InChI is InChI=1S/C13H22N6O12/c1-26-8(20)14-3-16-10(22)28-6-30-12(24)18-5-19-13(25)31-7-29-11(23)17-4-15-9(21)27-2/h3-7H2,1-2H3,(H,14,20)(H,15,21)(H,16,22)(H,17,23)(H,18,24)(H,19,25). The van der Waals surface area contributed by atoms with Gasteiger partial charge in [-0.3, -0.25) is 0 Å². The van der Waals surface area contributed by atoms with E-state index in [9.17, 15) is 28.8 Å². The summed E-state index contributed by atoms with van der Waals surface area (Å²) in [6.45, 7) is -2.50. The van der Waals surface area contributed by atoms with Crippen molar-refractivity contribution in [1.29, 1.82) is 0 Å². The Morgan fingerprint density at radius 3 is 0.903 bits per heavy atom. The lowest BCUT2D eigenvalue weighted by Gasteiger charge is -2.10. The van der Waals surface area contributed by atoms with Gasteiger partial charge in [0, 0.05) is 0 Å². The molecule has 6 amide bonds. The lowest BCUT2D eigenvalue weighted by atomic mass is 10.9. The van der Waals surface area contributed by atoms with Gasteiger partial charge in [-0.25, -0.2) is 28.8 Å². The molecular weight excluding hydrogens is 432 g/mol. The van der Waals surface area contributed by atoms with Crippen LogP contribution < -0.4 is 31.9 Å². The topological polar surface area (TPSA) is 230 Å². The predicted octanol–water partition coefficient (Wildman–Crippen LogP) is -1.61. The van der Waals surface area contributed by atoms with E-state index in [1.165, 1.54) is 0 Å². The van der Waals surface area contributed by atoms with E-state index in [1.807, 2.05) is 0 Å². The third-order valence-corrected chi connectivity index (χ3v) is 2.53. The molecule has 18 heteroatoms. The number of alkyl carbamates (subject to hydrolysis) is 6. The average molecular weight is 454 g/mol. The highest BCUT2D eigenvalue weighted by atomic mass is 16.7. The summed E-state index contributed by atoms with van der Waals surface area (Å²) in [6.07, 6.45) is -5.62. The number of ether oxygens (including phenoxy) is 6. The van der Waals surface area contributed by atoms with Crippen LogP contribution in [0.3, 0.4) is 0 Å². The van der Waals surface area contributed by atoms with Crippen LogP contribution in [0.2, 0.25) is 0 Å². The Hall–Kier alpha value is -4.38. The minimum absolute atomic E-state index is 0.278. The van der Waals surface area contributed by atoms with Gasteiger partial charge in [-0.05, 0) is 0 Å². The minimum atomic E-state index is -1.05. The molecule has 18 nitrogen and oxygen atoms in total. The van der Waals surface area contributed by atoms with Crippen LogP contribution in [0.15, 0.2) is 0 Å². The van der Waals surface area contributed by atoms with Crippen molar-refractivity contribution in [3.8, 4) is 0 Å². The average Bonchev–Trinajstić information content (AvgIpc) is 2.73. The number of nitrogens with one attached hydrogen (secondary N) is 6. The van der Waals surface area contributed by atoms with E-state index in [0.29, 0.717) is 0 Å². The summed E-state index contributed by atoms with van der Waals surface area (Å²) in [6, 6.07) is 0. The third-order valence-electron chi connectivity index (χ3n) is 2.53. The van der Waals surface area contributed by atoms with Gasteiger partial charge >= 0.3 is 36.6 Å². The zero-order chi connectivity index (χ0) is 23.5. The molecule has 0 unspecified atom stereocenters. The molecule has 0 aliphatic rings. The highest BCUT2D eigenvalue weighted by Crippen LogP contribution is 1.84. The number of amides is 6. The summed E-state index contributed by atoms with van der Waals surface area (Å²) in [5.41, 5.74) is 0. The van der Waals surface area contributed by atoms with Crippen LogP contribution in [0.5, 0.6) is 0 Å². The molecule has 176 valence electrons. The van der Waals surface area contributed by atoms with E-state index in [2.05, 4.69) is 60.3 Å². The molecule has 0 bridgehead atoms. The fourth-order valence-corrected chi connectivity index (χ4v) is 1.19. The molecule has 0 heterocycles. The first-order valence-electron chi connectivity index (χ1n) is 8.04. The maximum absolute atomic E-state index is 11.3. The first kappa shape index (κ1) is 26.6. The minimum Gasteiger partial charge on any atom is -0.453 e.